The third kappa shape index (κ3) is 4.72. The maximum absolute atomic E-state index is 12.4. The zero-order valence-electron chi connectivity index (χ0n) is 13.7. The SMILES string of the molecule is CN(c1cc(C(=O)Nc2ccc(CC#N)cc2)ccc1Cl)S(C)(=O)=O. The van der Waals surface area contributed by atoms with Gasteiger partial charge in [-0.2, -0.15) is 5.26 Å². The molecule has 2 rings (SSSR count). The molecule has 0 aromatic heterocycles. The number of hydrogen-bond acceptors (Lipinski definition) is 4. The molecule has 0 aliphatic rings. The number of nitriles is 1. The van der Waals surface area contributed by atoms with Crippen molar-refractivity contribution in [2.24, 2.45) is 0 Å². The Morgan fingerprint density at radius 3 is 2.44 bits per heavy atom. The molecule has 0 fully saturated rings. The van der Waals surface area contributed by atoms with Crippen LogP contribution in [-0.4, -0.2) is 27.6 Å². The third-order valence-corrected chi connectivity index (χ3v) is 5.05. The number of hydrogen-bond donors (Lipinski definition) is 1. The van der Waals surface area contributed by atoms with Crippen molar-refractivity contribution in [3.05, 3.63) is 58.6 Å². The first-order valence-corrected chi connectivity index (χ1v) is 9.45. The molecular weight excluding hydrogens is 362 g/mol. The third-order valence-electron chi connectivity index (χ3n) is 3.54. The maximum atomic E-state index is 12.4. The quantitative estimate of drug-likeness (QED) is 0.866. The molecule has 0 heterocycles. The standard InChI is InChI=1S/C17H16ClN3O3S/c1-21(25(2,23)24)16-11-13(5-8-15(16)18)17(22)20-14-6-3-12(4-7-14)9-10-19/h3-8,11H,9H2,1-2H3,(H,20,22). The number of amides is 1. The molecule has 0 saturated carbocycles. The molecule has 0 saturated heterocycles. The van der Waals surface area contributed by atoms with Gasteiger partial charge in [-0.25, -0.2) is 8.42 Å². The molecule has 0 spiro atoms. The van der Waals surface area contributed by atoms with Crippen molar-refractivity contribution < 1.29 is 13.2 Å². The molecule has 2 aromatic rings. The second kappa shape index (κ2) is 7.55. The summed E-state index contributed by atoms with van der Waals surface area (Å²) in [7, 11) is -2.13. The molecule has 0 aliphatic carbocycles. The van der Waals surface area contributed by atoms with Crippen molar-refractivity contribution in [2.75, 3.05) is 22.9 Å². The van der Waals surface area contributed by atoms with Crippen molar-refractivity contribution in [2.45, 2.75) is 6.42 Å². The van der Waals surface area contributed by atoms with E-state index in [1.807, 2.05) is 0 Å². The van der Waals surface area contributed by atoms with E-state index >= 15 is 0 Å². The highest BCUT2D eigenvalue weighted by atomic mass is 35.5. The van der Waals surface area contributed by atoms with Gasteiger partial charge in [0.05, 0.1) is 29.5 Å². The van der Waals surface area contributed by atoms with Gasteiger partial charge in [-0.15, -0.1) is 0 Å². The number of benzene rings is 2. The van der Waals surface area contributed by atoms with E-state index in [0.717, 1.165) is 16.1 Å². The van der Waals surface area contributed by atoms with E-state index in [2.05, 4.69) is 11.4 Å². The number of rotatable bonds is 5. The van der Waals surface area contributed by atoms with Crippen LogP contribution in [0.15, 0.2) is 42.5 Å². The molecule has 0 bridgehead atoms. The van der Waals surface area contributed by atoms with E-state index in [1.54, 1.807) is 24.3 Å². The lowest BCUT2D eigenvalue weighted by molar-refractivity contribution is 0.102. The van der Waals surface area contributed by atoms with Gasteiger partial charge in [-0.1, -0.05) is 23.7 Å². The summed E-state index contributed by atoms with van der Waals surface area (Å²) in [6, 6.07) is 13.4. The van der Waals surface area contributed by atoms with E-state index in [1.165, 1.54) is 25.2 Å². The Bertz CT molecular complexity index is 935. The Balaban J connectivity index is 2.24. The molecule has 0 atom stereocenters. The van der Waals surface area contributed by atoms with Crippen molar-refractivity contribution in [1.82, 2.24) is 0 Å². The number of anilines is 2. The van der Waals surface area contributed by atoms with Gasteiger partial charge >= 0.3 is 0 Å². The summed E-state index contributed by atoms with van der Waals surface area (Å²) in [5.74, 6) is -0.396. The average Bonchev–Trinajstić information content (AvgIpc) is 2.56. The Hall–Kier alpha value is -2.56. The first-order valence-electron chi connectivity index (χ1n) is 7.23. The van der Waals surface area contributed by atoms with Crippen LogP contribution in [0.5, 0.6) is 0 Å². The first kappa shape index (κ1) is 18.8. The zero-order valence-corrected chi connectivity index (χ0v) is 15.2. The molecule has 25 heavy (non-hydrogen) atoms. The number of nitrogens with one attached hydrogen (secondary N) is 1. The summed E-state index contributed by atoms with van der Waals surface area (Å²) in [4.78, 5) is 12.4. The Kier molecular flexibility index (Phi) is 5.67. The number of carbonyl (C=O) groups is 1. The number of halogens is 1. The topological polar surface area (TPSA) is 90.3 Å². The lowest BCUT2D eigenvalue weighted by atomic mass is 10.1. The lowest BCUT2D eigenvalue weighted by Crippen LogP contribution is -2.25. The van der Waals surface area contributed by atoms with Gasteiger partial charge in [0.1, 0.15) is 0 Å². The van der Waals surface area contributed by atoms with Crippen molar-refractivity contribution >= 4 is 38.9 Å². The Morgan fingerprint density at radius 2 is 1.88 bits per heavy atom. The van der Waals surface area contributed by atoms with Gasteiger partial charge < -0.3 is 5.32 Å². The zero-order chi connectivity index (χ0) is 18.6. The van der Waals surface area contributed by atoms with Crippen LogP contribution in [0.25, 0.3) is 0 Å². The molecular formula is C17H16ClN3O3S. The highest BCUT2D eigenvalue weighted by Crippen LogP contribution is 2.28. The minimum Gasteiger partial charge on any atom is -0.322 e. The van der Waals surface area contributed by atoms with Crippen LogP contribution in [0.1, 0.15) is 15.9 Å². The van der Waals surface area contributed by atoms with Crippen LogP contribution in [0.3, 0.4) is 0 Å². The lowest BCUT2D eigenvalue weighted by Gasteiger charge is -2.18. The van der Waals surface area contributed by atoms with Crippen LogP contribution in [0.4, 0.5) is 11.4 Å². The molecule has 130 valence electrons. The predicted molar refractivity (Wildman–Crippen MR) is 98.4 cm³/mol. The van der Waals surface area contributed by atoms with E-state index in [0.29, 0.717) is 12.1 Å². The fourth-order valence-corrected chi connectivity index (χ4v) is 2.88. The van der Waals surface area contributed by atoms with Crippen LogP contribution in [-0.2, 0) is 16.4 Å². The van der Waals surface area contributed by atoms with Gasteiger partial charge in [-0.05, 0) is 35.9 Å². The molecule has 1 amide bonds. The molecule has 2 aromatic carbocycles. The van der Waals surface area contributed by atoms with Crippen molar-refractivity contribution in [1.29, 1.82) is 5.26 Å². The van der Waals surface area contributed by atoms with Gasteiger partial charge in [0, 0.05) is 18.3 Å². The smallest absolute Gasteiger partial charge is 0.255 e. The summed E-state index contributed by atoms with van der Waals surface area (Å²) >= 11 is 6.04. The molecule has 0 unspecified atom stereocenters. The highest BCUT2D eigenvalue weighted by Gasteiger charge is 2.17. The molecule has 1 N–H and O–H groups in total. The van der Waals surface area contributed by atoms with Crippen molar-refractivity contribution in [3.8, 4) is 6.07 Å². The normalized spacial score (nSPS) is 10.8. The largest absolute Gasteiger partial charge is 0.322 e. The fraction of sp³-hybridized carbons (Fsp3) is 0.176. The minimum atomic E-state index is -3.50. The van der Waals surface area contributed by atoms with Gasteiger partial charge in [-0.3, -0.25) is 9.10 Å². The Labute approximate surface area is 151 Å². The maximum Gasteiger partial charge on any atom is 0.255 e. The van der Waals surface area contributed by atoms with Crippen molar-refractivity contribution in [3.63, 3.8) is 0 Å². The predicted octanol–water partition coefficient (Wildman–Crippen LogP) is 3.05. The van der Waals surface area contributed by atoms with Gasteiger partial charge in [0.15, 0.2) is 0 Å². The summed E-state index contributed by atoms with van der Waals surface area (Å²) in [6.45, 7) is 0. The van der Waals surface area contributed by atoms with Crippen LogP contribution in [0.2, 0.25) is 5.02 Å². The number of nitrogens with zero attached hydrogens (tertiary/aromatic N) is 2. The first-order chi connectivity index (χ1) is 11.7. The van der Waals surface area contributed by atoms with E-state index < -0.39 is 15.9 Å². The second-order valence-corrected chi connectivity index (χ2v) is 7.80. The number of sulfonamides is 1. The molecule has 8 heteroatoms. The second-order valence-electron chi connectivity index (χ2n) is 5.38. The van der Waals surface area contributed by atoms with E-state index in [9.17, 15) is 13.2 Å². The monoisotopic (exact) mass is 377 g/mol. The molecule has 6 nitrogen and oxygen atoms in total. The summed E-state index contributed by atoms with van der Waals surface area (Å²) in [6.07, 6.45) is 1.35. The van der Waals surface area contributed by atoms with E-state index in [4.69, 9.17) is 16.9 Å². The summed E-state index contributed by atoms with van der Waals surface area (Å²) in [5.41, 5.74) is 1.92. The fourth-order valence-electron chi connectivity index (χ4n) is 2.07. The van der Waals surface area contributed by atoms with Gasteiger partial charge in [0.2, 0.25) is 10.0 Å². The minimum absolute atomic E-state index is 0.223. The molecule has 0 radical (unpaired) electrons. The Morgan fingerprint density at radius 1 is 1.24 bits per heavy atom. The summed E-state index contributed by atoms with van der Waals surface area (Å²) in [5, 5.41) is 11.6. The average molecular weight is 378 g/mol. The molecule has 0 aliphatic heterocycles. The van der Waals surface area contributed by atoms with E-state index in [-0.39, 0.29) is 16.3 Å². The van der Waals surface area contributed by atoms with Gasteiger partial charge in [0.25, 0.3) is 5.91 Å². The van der Waals surface area contributed by atoms with Crippen LogP contribution < -0.4 is 9.62 Å². The highest BCUT2D eigenvalue weighted by molar-refractivity contribution is 7.92. The van der Waals surface area contributed by atoms with Crippen LogP contribution in [0, 0.1) is 11.3 Å². The summed E-state index contributed by atoms with van der Waals surface area (Å²) < 4.78 is 24.4. The van der Waals surface area contributed by atoms with Crippen LogP contribution >= 0.6 is 11.6 Å². The number of carbonyl (C=O) groups excluding carboxylic acids is 1.